The maximum Gasteiger partial charge on any atom is 0.297 e. The molecule has 5 rings (SSSR count). The van der Waals surface area contributed by atoms with Crippen LogP contribution in [0.3, 0.4) is 0 Å². The second-order valence-electron chi connectivity index (χ2n) is 14.9. The fourth-order valence-electron chi connectivity index (χ4n) is 10.3. The first-order valence-corrected chi connectivity index (χ1v) is 17.3. The van der Waals surface area contributed by atoms with Crippen molar-refractivity contribution < 1.29 is 12.6 Å². The summed E-state index contributed by atoms with van der Waals surface area (Å²) >= 11 is 0. The molecule has 9 atom stereocenters. The molecule has 0 spiro atoms. The van der Waals surface area contributed by atoms with Gasteiger partial charge in [-0.25, -0.2) is 0 Å². The van der Waals surface area contributed by atoms with Crippen LogP contribution in [0.1, 0.15) is 117 Å². The zero-order valence-electron chi connectivity index (χ0n) is 25.0. The van der Waals surface area contributed by atoms with Crippen molar-refractivity contribution in [3.63, 3.8) is 0 Å². The molecule has 4 fully saturated rings. The first-order chi connectivity index (χ1) is 17.9. The predicted octanol–water partition coefficient (Wildman–Crippen LogP) is 9.19. The molecule has 0 heterocycles. The summed E-state index contributed by atoms with van der Waals surface area (Å²) in [5.74, 6) is 5.75. The standard InChI is InChI=1S/C34H54O3S/c1-23(2)8-7-9-25(4)30-16-17-31-29-15-12-26-22-27(37-38(35,36)28-13-10-24(3)11-14-28)18-20-33(26,5)32(29)19-21-34(30,31)6/h10-11,13-14,23,25-27,29-32H,7-9,12,15-22H2,1-6H3/t25-,26?,27+,29?,30-,31?,32?,33+,34-/m1/s1. The van der Waals surface area contributed by atoms with Crippen molar-refractivity contribution in [2.75, 3.05) is 0 Å². The van der Waals surface area contributed by atoms with Gasteiger partial charge in [0, 0.05) is 0 Å². The molecule has 1 aromatic rings. The highest BCUT2D eigenvalue weighted by Crippen LogP contribution is 2.68. The molecule has 3 nitrogen and oxygen atoms in total. The molecule has 0 saturated heterocycles. The van der Waals surface area contributed by atoms with Gasteiger partial charge in [-0.15, -0.1) is 0 Å². The van der Waals surface area contributed by atoms with Crippen LogP contribution < -0.4 is 0 Å². The zero-order chi connectivity index (χ0) is 27.3. The van der Waals surface area contributed by atoms with E-state index in [-0.39, 0.29) is 6.10 Å². The van der Waals surface area contributed by atoms with E-state index in [4.69, 9.17) is 4.18 Å². The van der Waals surface area contributed by atoms with E-state index in [1.807, 2.05) is 19.1 Å². The highest BCUT2D eigenvalue weighted by atomic mass is 32.2. The van der Waals surface area contributed by atoms with E-state index in [0.29, 0.717) is 21.6 Å². The van der Waals surface area contributed by atoms with Crippen molar-refractivity contribution in [1.82, 2.24) is 0 Å². The summed E-state index contributed by atoms with van der Waals surface area (Å²) in [5, 5.41) is 0. The van der Waals surface area contributed by atoms with E-state index in [1.54, 1.807) is 12.1 Å². The predicted molar refractivity (Wildman–Crippen MR) is 156 cm³/mol. The van der Waals surface area contributed by atoms with E-state index >= 15 is 0 Å². The van der Waals surface area contributed by atoms with Gasteiger partial charge in [0.05, 0.1) is 11.0 Å². The molecule has 38 heavy (non-hydrogen) atoms. The Hall–Kier alpha value is -0.870. The molecule has 0 aliphatic heterocycles. The summed E-state index contributed by atoms with van der Waals surface area (Å²) in [5.41, 5.74) is 1.94. The van der Waals surface area contributed by atoms with Crippen LogP contribution in [0.2, 0.25) is 0 Å². The van der Waals surface area contributed by atoms with Gasteiger partial charge in [0.1, 0.15) is 0 Å². The summed E-state index contributed by atoms with van der Waals surface area (Å²) < 4.78 is 31.9. The van der Waals surface area contributed by atoms with Crippen molar-refractivity contribution in [3.8, 4) is 0 Å². The van der Waals surface area contributed by atoms with Crippen molar-refractivity contribution >= 4 is 10.1 Å². The molecule has 4 saturated carbocycles. The average molecular weight is 543 g/mol. The molecule has 4 heteroatoms. The molecule has 4 unspecified atom stereocenters. The number of fused-ring (bicyclic) bond motifs is 5. The molecular formula is C34H54O3S. The van der Waals surface area contributed by atoms with Crippen LogP contribution in [0.15, 0.2) is 29.2 Å². The van der Waals surface area contributed by atoms with Gasteiger partial charge in [-0.05, 0) is 129 Å². The van der Waals surface area contributed by atoms with Crippen LogP contribution >= 0.6 is 0 Å². The Kier molecular flexibility index (Phi) is 8.17. The number of aryl methyl sites for hydroxylation is 1. The third-order valence-electron chi connectivity index (χ3n) is 12.4. The number of hydrogen-bond acceptors (Lipinski definition) is 3. The van der Waals surface area contributed by atoms with Gasteiger partial charge >= 0.3 is 0 Å². The molecular weight excluding hydrogens is 488 g/mol. The quantitative estimate of drug-likeness (QED) is 0.308. The Morgan fingerprint density at radius 1 is 0.868 bits per heavy atom. The lowest BCUT2D eigenvalue weighted by Crippen LogP contribution is -2.54. The summed E-state index contributed by atoms with van der Waals surface area (Å²) in [4.78, 5) is 0.293. The Morgan fingerprint density at radius 3 is 2.26 bits per heavy atom. The maximum absolute atomic E-state index is 13.0. The van der Waals surface area contributed by atoms with Gasteiger partial charge in [0.15, 0.2) is 0 Å². The van der Waals surface area contributed by atoms with Crippen molar-refractivity contribution in [2.24, 2.45) is 52.3 Å². The van der Waals surface area contributed by atoms with Crippen LogP contribution in [0.5, 0.6) is 0 Å². The lowest BCUT2D eigenvalue weighted by molar-refractivity contribution is -0.126. The maximum atomic E-state index is 13.0. The molecule has 1 aromatic carbocycles. The summed E-state index contributed by atoms with van der Waals surface area (Å²) in [7, 11) is -3.70. The Bertz CT molecular complexity index is 1060. The van der Waals surface area contributed by atoms with E-state index < -0.39 is 10.1 Å². The fraction of sp³-hybridized carbons (Fsp3) is 0.824. The molecule has 0 bridgehead atoms. The normalized spacial score (nSPS) is 39.9. The zero-order valence-corrected chi connectivity index (χ0v) is 25.9. The summed E-state index contributed by atoms with van der Waals surface area (Å²) in [6, 6.07) is 7.07. The van der Waals surface area contributed by atoms with Crippen molar-refractivity contribution in [3.05, 3.63) is 29.8 Å². The van der Waals surface area contributed by atoms with E-state index in [1.165, 1.54) is 57.8 Å². The van der Waals surface area contributed by atoms with Gasteiger partial charge in [0.2, 0.25) is 0 Å². The van der Waals surface area contributed by atoms with Gasteiger partial charge in [-0.3, -0.25) is 4.18 Å². The Balaban J connectivity index is 1.24. The molecule has 214 valence electrons. The Morgan fingerprint density at radius 2 is 1.55 bits per heavy atom. The van der Waals surface area contributed by atoms with Gasteiger partial charge < -0.3 is 0 Å². The smallest absolute Gasteiger partial charge is 0.263 e. The highest BCUT2D eigenvalue weighted by molar-refractivity contribution is 7.86. The molecule has 0 aromatic heterocycles. The molecule has 0 radical (unpaired) electrons. The average Bonchev–Trinajstić information content (AvgIpc) is 3.21. The Labute approximate surface area is 234 Å². The topological polar surface area (TPSA) is 43.4 Å². The van der Waals surface area contributed by atoms with Gasteiger partial charge in [-0.1, -0.05) is 71.6 Å². The van der Waals surface area contributed by atoms with Crippen LogP contribution in [0.25, 0.3) is 0 Å². The van der Waals surface area contributed by atoms with E-state index in [9.17, 15) is 8.42 Å². The van der Waals surface area contributed by atoms with E-state index in [2.05, 4.69) is 34.6 Å². The van der Waals surface area contributed by atoms with E-state index in [0.717, 1.165) is 60.3 Å². The van der Waals surface area contributed by atoms with Crippen LogP contribution in [0, 0.1) is 59.2 Å². The minimum absolute atomic E-state index is 0.174. The SMILES string of the molecule is Cc1ccc(S(=O)(=O)O[C@H]2CC[C@@]3(C)C(CCC4C3CC[C@@]3(C)C4CC[C@@H]3[C@H](C)CCCC(C)C)C2)cc1. The third-order valence-corrected chi connectivity index (χ3v) is 13.8. The molecule has 4 aliphatic rings. The summed E-state index contributed by atoms with van der Waals surface area (Å²) in [6.07, 6.45) is 15.2. The highest BCUT2D eigenvalue weighted by Gasteiger charge is 2.60. The van der Waals surface area contributed by atoms with Crippen LogP contribution in [0.4, 0.5) is 0 Å². The molecule has 0 amide bonds. The lowest BCUT2D eigenvalue weighted by atomic mass is 9.44. The summed E-state index contributed by atoms with van der Waals surface area (Å²) in [6.45, 7) is 14.5. The first-order valence-electron chi connectivity index (χ1n) is 15.9. The van der Waals surface area contributed by atoms with Gasteiger partial charge in [-0.2, -0.15) is 8.42 Å². The first kappa shape index (κ1) is 28.7. The fourth-order valence-corrected chi connectivity index (χ4v) is 11.4. The van der Waals surface area contributed by atoms with Crippen molar-refractivity contribution in [1.29, 1.82) is 0 Å². The van der Waals surface area contributed by atoms with Crippen molar-refractivity contribution in [2.45, 2.75) is 130 Å². The number of benzene rings is 1. The monoisotopic (exact) mass is 542 g/mol. The largest absolute Gasteiger partial charge is 0.297 e. The second kappa shape index (κ2) is 10.8. The number of rotatable bonds is 8. The molecule has 4 aliphatic carbocycles. The van der Waals surface area contributed by atoms with Crippen LogP contribution in [-0.2, 0) is 14.3 Å². The second-order valence-corrected chi connectivity index (χ2v) is 16.5. The third kappa shape index (κ3) is 5.27. The minimum atomic E-state index is -3.70. The minimum Gasteiger partial charge on any atom is -0.263 e. The molecule has 0 N–H and O–H groups in total. The number of hydrogen-bond donors (Lipinski definition) is 0. The van der Waals surface area contributed by atoms with Gasteiger partial charge in [0.25, 0.3) is 10.1 Å². The van der Waals surface area contributed by atoms with Crippen LogP contribution in [-0.4, -0.2) is 14.5 Å². The lowest BCUT2D eigenvalue weighted by Gasteiger charge is -2.61.